The molecule has 1 fully saturated rings. The van der Waals surface area contributed by atoms with Gasteiger partial charge in [-0.15, -0.1) is 0 Å². The van der Waals surface area contributed by atoms with Gasteiger partial charge in [0.1, 0.15) is 23.8 Å². The number of imide groups is 1. The number of urea groups is 1. The first-order valence-corrected chi connectivity index (χ1v) is 9.37. The van der Waals surface area contributed by atoms with Crippen molar-refractivity contribution in [3.05, 3.63) is 48.0 Å². The number of rotatable bonds is 5. The largest absolute Gasteiger partial charge is 0.497 e. The van der Waals surface area contributed by atoms with Gasteiger partial charge in [-0.3, -0.25) is 14.5 Å². The maximum Gasteiger partial charge on any atom is 0.325 e. The van der Waals surface area contributed by atoms with Gasteiger partial charge in [0.25, 0.3) is 5.91 Å². The number of nitrogens with one attached hydrogen (secondary N) is 2. The first-order chi connectivity index (χ1) is 14.5. The number of fused-ring (bicyclic) bond motifs is 2. The van der Waals surface area contributed by atoms with Crippen molar-refractivity contribution < 1.29 is 28.6 Å². The molecule has 2 aromatic rings. The third kappa shape index (κ3) is 3.18. The number of methoxy groups -OCH3 is 2. The lowest BCUT2D eigenvalue weighted by atomic mass is 9.84. The Kier molecular flexibility index (Phi) is 4.94. The zero-order valence-electron chi connectivity index (χ0n) is 16.6. The third-order valence-corrected chi connectivity index (χ3v) is 5.24. The number of hydrogen-bond acceptors (Lipinski definition) is 6. The molecule has 0 unspecified atom stereocenters. The van der Waals surface area contributed by atoms with Crippen LogP contribution in [-0.2, 0) is 15.1 Å². The molecule has 2 aliphatic rings. The molecule has 0 saturated carbocycles. The van der Waals surface area contributed by atoms with E-state index in [1.807, 2.05) is 0 Å². The van der Waals surface area contributed by atoms with Gasteiger partial charge in [0.2, 0.25) is 5.91 Å². The molecule has 9 nitrogen and oxygen atoms in total. The van der Waals surface area contributed by atoms with Crippen LogP contribution in [0.4, 0.5) is 10.5 Å². The normalized spacial score (nSPS) is 19.7. The van der Waals surface area contributed by atoms with E-state index in [-0.39, 0.29) is 13.0 Å². The topological polar surface area (TPSA) is 106 Å². The summed E-state index contributed by atoms with van der Waals surface area (Å²) in [5.41, 5.74) is -0.258. The second-order valence-electron chi connectivity index (χ2n) is 6.94. The second kappa shape index (κ2) is 7.58. The van der Waals surface area contributed by atoms with E-state index in [4.69, 9.17) is 14.2 Å². The van der Waals surface area contributed by atoms with Crippen LogP contribution in [0.5, 0.6) is 17.2 Å². The molecule has 30 heavy (non-hydrogen) atoms. The van der Waals surface area contributed by atoms with Gasteiger partial charge in [-0.1, -0.05) is 18.2 Å². The van der Waals surface area contributed by atoms with Crippen LogP contribution in [0.25, 0.3) is 0 Å². The van der Waals surface area contributed by atoms with Gasteiger partial charge >= 0.3 is 6.03 Å². The van der Waals surface area contributed by atoms with E-state index in [1.165, 1.54) is 14.2 Å². The fourth-order valence-electron chi connectivity index (χ4n) is 3.76. The van der Waals surface area contributed by atoms with Gasteiger partial charge in [-0.25, -0.2) is 4.79 Å². The fourth-order valence-corrected chi connectivity index (χ4v) is 3.76. The lowest BCUT2D eigenvalue weighted by Gasteiger charge is -2.33. The van der Waals surface area contributed by atoms with Crippen molar-refractivity contribution in [1.82, 2.24) is 10.2 Å². The summed E-state index contributed by atoms with van der Waals surface area (Å²) in [6, 6.07) is 11.4. The quantitative estimate of drug-likeness (QED) is 0.728. The summed E-state index contributed by atoms with van der Waals surface area (Å²) in [7, 11) is 2.98. The zero-order chi connectivity index (χ0) is 21.3. The predicted molar refractivity (Wildman–Crippen MR) is 107 cm³/mol. The van der Waals surface area contributed by atoms with E-state index in [9.17, 15) is 14.4 Å². The Balaban J connectivity index is 1.55. The van der Waals surface area contributed by atoms with Crippen molar-refractivity contribution in [3.63, 3.8) is 0 Å². The monoisotopic (exact) mass is 411 g/mol. The van der Waals surface area contributed by atoms with Crippen LogP contribution in [-0.4, -0.2) is 50.1 Å². The molecule has 1 spiro atoms. The number of amides is 4. The molecule has 9 heteroatoms. The first kappa shape index (κ1) is 19.6. The molecular formula is C21H21N3O6. The number of ether oxygens (including phenoxy) is 3. The molecule has 2 aliphatic heterocycles. The number of hydrogen-bond donors (Lipinski definition) is 2. The first-order valence-electron chi connectivity index (χ1n) is 9.37. The number of carbonyl (C=O) groups excluding carboxylic acids is 3. The molecule has 0 radical (unpaired) electrons. The summed E-state index contributed by atoms with van der Waals surface area (Å²) in [5, 5.41) is 5.44. The van der Waals surface area contributed by atoms with E-state index < -0.39 is 29.9 Å². The van der Waals surface area contributed by atoms with Crippen LogP contribution in [0.3, 0.4) is 0 Å². The van der Waals surface area contributed by atoms with Crippen molar-refractivity contribution in [1.29, 1.82) is 0 Å². The van der Waals surface area contributed by atoms with E-state index >= 15 is 0 Å². The Hall–Kier alpha value is -3.75. The van der Waals surface area contributed by atoms with Crippen LogP contribution in [0, 0.1) is 0 Å². The van der Waals surface area contributed by atoms with Crippen molar-refractivity contribution in [3.8, 4) is 17.2 Å². The highest BCUT2D eigenvalue weighted by molar-refractivity contribution is 6.11. The molecule has 2 aromatic carbocycles. The zero-order valence-corrected chi connectivity index (χ0v) is 16.6. The van der Waals surface area contributed by atoms with Gasteiger partial charge in [-0.2, -0.15) is 0 Å². The number of benzene rings is 2. The standard InChI is InChI=1S/C21H21N3O6/c1-28-13-7-8-17(29-2)15(11-13)22-18(25)12-24-19(26)21(23-20(24)27)9-10-30-16-6-4-3-5-14(16)21/h3-8,11H,9-10,12H2,1-2H3,(H,22,25)(H,23,27)/t21-/m0/s1. The van der Waals surface area contributed by atoms with Crippen molar-refractivity contribution >= 4 is 23.5 Å². The van der Waals surface area contributed by atoms with E-state index in [1.54, 1.807) is 42.5 Å². The molecule has 156 valence electrons. The van der Waals surface area contributed by atoms with Gasteiger partial charge in [0.15, 0.2) is 5.54 Å². The highest BCUT2D eigenvalue weighted by atomic mass is 16.5. The Morgan fingerprint density at radius 3 is 2.77 bits per heavy atom. The van der Waals surface area contributed by atoms with Crippen LogP contribution in [0.15, 0.2) is 42.5 Å². The maximum atomic E-state index is 13.2. The minimum Gasteiger partial charge on any atom is -0.497 e. The molecule has 4 rings (SSSR count). The molecule has 2 N–H and O–H groups in total. The average molecular weight is 411 g/mol. The van der Waals surface area contributed by atoms with Crippen LogP contribution < -0.4 is 24.8 Å². The van der Waals surface area contributed by atoms with Gasteiger partial charge in [0.05, 0.1) is 26.5 Å². The second-order valence-corrected chi connectivity index (χ2v) is 6.94. The molecule has 0 bridgehead atoms. The van der Waals surface area contributed by atoms with E-state index in [0.29, 0.717) is 28.5 Å². The Morgan fingerprint density at radius 2 is 2.00 bits per heavy atom. The fraction of sp³-hybridized carbons (Fsp3) is 0.286. The Labute approximate surface area is 172 Å². The maximum absolute atomic E-state index is 13.2. The van der Waals surface area contributed by atoms with Gasteiger partial charge < -0.3 is 24.8 Å². The van der Waals surface area contributed by atoms with Crippen LogP contribution in [0.1, 0.15) is 12.0 Å². The summed E-state index contributed by atoms with van der Waals surface area (Å²) in [6.07, 6.45) is 0.288. The number of anilines is 1. The van der Waals surface area contributed by atoms with Crippen LogP contribution in [0.2, 0.25) is 0 Å². The lowest BCUT2D eigenvalue weighted by Crippen LogP contribution is -2.48. The molecule has 1 saturated heterocycles. The number of para-hydroxylation sites is 1. The molecule has 0 aromatic heterocycles. The van der Waals surface area contributed by atoms with E-state index in [2.05, 4.69) is 10.6 Å². The summed E-state index contributed by atoms with van der Waals surface area (Å²) in [4.78, 5) is 39.4. The van der Waals surface area contributed by atoms with E-state index in [0.717, 1.165) is 4.90 Å². The number of carbonyl (C=O) groups is 3. The summed E-state index contributed by atoms with van der Waals surface area (Å²) in [5.74, 6) is 0.485. The predicted octanol–water partition coefficient (Wildman–Crippen LogP) is 1.87. The highest BCUT2D eigenvalue weighted by Gasteiger charge is 2.55. The smallest absolute Gasteiger partial charge is 0.325 e. The Morgan fingerprint density at radius 1 is 1.20 bits per heavy atom. The molecule has 2 heterocycles. The highest BCUT2D eigenvalue weighted by Crippen LogP contribution is 2.41. The lowest BCUT2D eigenvalue weighted by molar-refractivity contribution is -0.135. The minimum absolute atomic E-state index is 0.282. The summed E-state index contributed by atoms with van der Waals surface area (Å²) < 4.78 is 16.0. The molecule has 4 amide bonds. The SMILES string of the molecule is COc1ccc(OC)c(NC(=O)CN2C(=O)N[C@]3(CCOc4ccccc43)C2=O)c1. The van der Waals surface area contributed by atoms with Gasteiger partial charge in [0, 0.05) is 18.1 Å². The minimum atomic E-state index is -1.22. The van der Waals surface area contributed by atoms with Crippen molar-refractivity contribution in [2.75, 3.05) is 32.7 Å². The average Bonchev–Trinajstić information content (AvgIpc) is 2.98. The summed E-state index contributed by atoms with van der Waals surface area (Å²) in [6.45, 7) is -0.153. The van der Waals surface area contributed by atoms with Crippen LogP contribution >= 0.6 is 0 Å². The number of nitrogens with zero attached hydrogens (tertiary/aromatic N) is 1. The molecule has 0 aliphatic carbocycles. The van der Waals surface area contributed by atoms with Crippen molar-refractivity contribution in [2.45, 2.75) is 12.0 Å². The third-order valence-electron chi connectivity index (χ3n) is 5.24. The molecular weight excluding hydrogens is 390 g/mol. The van der Waals surface area contributed by atoms with Crippen molar-refractivity contribution in [2.24, 2.45) is 0 Å². The Bertz CT molecular complexity index is 1020. The molecule has 1 atom stereocenters. The van der Waals surface area contributed by atoms with Gasteiger partial charge in [-0.05, 0) is 18.2 Å². The summed E-state index contributed by atoms with van der Waals surface area (Å²) >= 11 is 0.